The average Bonchev–Trinajstić information content (AvgIpc) is 2.87. The van der Waals surface area contributed by atoms with E-state index in [2.05, 4.69) is 19.2 Å². The van der Waals surface area contributed by atoms with E-state index in [1.807, 2.05) is 6.92 Å². The van der Waals surface area contributed by atoms with Crippen molar-refractivity contribution in [3.63, 3.8) is 0 Å². The molecule has 0 spiro atoms. The molecular formula is C11H22N2O2. The van der Waals surface area contributed by atoms with Crippen LogP contribution in [0.5, 0.6) is 0 Å². The Morgan fingerprint density at radius 2 is 2.20 bits per heavy atom. The van der Waals surface area contributed by atoms with Gasteiger partial charge in [0.15, 0.2) is 0 Å². The highest BCUT2D eigenvalue weighted by molar-refractivity contribution is 5.84. The topological polar surface area (TPSA) is 64.3 Å². The van der Waals surface area contributed by atoms with Gasteiger partial charge in [-0.3, -0.25) is 10.1 Å². The van der Waals surface area contributed by atoms with Crippen LogP contribution in [0, 0.1) is 5.92 Å². The number of hydrogen-bond acceptors (Lipinski definition) is 3. The molecule has 0 aliphatic heterocycles. The molecule has 0 radical (unpaired) electrons. The van der Waals surface area contributed by atoms with Crippen molar-refractivity contribution in [2.45, 2.75) is 45.2 Å². The van der Waals surface area contributed by atoms with E-state index in [-0.39, 0.29) is 5.91 Å². The average molecular weight is 214 g/mol. The van der Waals surface area contributed by atoms with Crippen molar-refractivity contribution in [1.29, 1.82) is 0 Å². The van der Waals surface area contributed by atoms with Crippen molar-refractivity contribution in [3.8, 4) is 0 Å². The first-order chi connectivity index (χ1) is 6.94. The smallest absolute Gasteiger partial charge is 0.239 e. The predicted octanol–water partition coefficient (Wildman–Crippen LogP) is 0.655. The fourth-order valence-corrected chi connectivity index (χ4v) is 1.36. The van der Waals surface area contributed by atoms with Crippen LogP contribution in [-0.2, 0) is 9.53 Å². The molecule has 4 heteroatoms. The summed E-state index contributed by atoms with van der Waals surface area (Å²) in [6.45, 7) is 6.99. The second-order valence-electron chi connectivity index (χ2n) is 5.02. The third kappa shape index (κ3) is 4.18. The lowest BCUT2D eigenvalue weighted by Gasteiger charge is -2.27. The van der Waals surface area contributed by atoms with Crippen LogP contribution < -0.4 is 11.1 Å². The fourth-order valence-electron chi connectivity index (χ4n) is 1.36. The van der Waals surface area contributed by atoms with Gasteiger partial charge in [-0.05, 0) is 25.7 Å². The Bertz CT molecular complexity index is 227. The minimum Gasteiger partial charge on any atom is -0.379 e. The van der Waals surface area contributed by atoms with Gasteiger partial charge in [-0.25, -0.2) is 0 Å². The van der Waals surface area contributed by atoms with Crippen molar-refractivity contribution in [1.82, 2.24) is 5.32 Å². The third-order valence-corrected chi connectivity index (χ3v) is 2.49. The zero-order valence-corrected chi connectivity index (χ0v) is 9.88. The van der Waals surface area contributed by atoms with Crippen LogP contribution in [0.15, 0.2) is 0 Å². The van der Waals surface area contributed by atoms with Gasteiger partial charge in [0.05, 0.1) is 6.61 Å². The van der Waals surface area contributed by atoms with Crippen LogP contribution in [-0.4, -0.2) is 30.7 Å². The van der Waals surface area contributed by atoms with Gasteiger partial charge >= 0.3 is 0 Å². The first-order valence-electron chi connectivity index (χ1n) is 5.59. The Kier molecular flexibility index (Phi) is 4.11. The number of amides is 1. The fraction of sp³-hybridized carbons (Fsp3) is 0.909. The molecule has 1 aliphatic rings. The van der Waals surface area contributed by atoms with Crippen molar-refractivity contribution in [2.24, 2.45) is 11.7 Å². The Morgan fingerprint density at radius 1 is 1.60 bits per heavy atom. The van der Waals surface area contributed by atoms with Crippen LogP contribution in [0.2, 0.25) is 0 Å². The van der Waals surface area contributed by atoms with E-state index in [9.17, 15) is 4.79 Å². The Morgan fingerprint density at radius 3 is 2.60 bits per heavy atom. The molecule has 4 nitrogen and oxygen atoms in total. The zero-order chi connectivity index (χ0) is 11.5. The summed E-state index contributed by atoms with van der Waals surface area (Å²) in [4.78, 5) is 11.3. The summed E-state index contributed by atoms with van der Waals surface area (Å²) in [5, 5.41) is 3.24. The number of nitrogens with two attached hydrogens (primary N) is 1. The number of primary amides is 1. The number of ether oxygens (including phenoxy) is 1. The van der Waals surface area contributed by atoms with E-state index in [1.165, 1.54) is 0 Å². The van der Waals surface area contributed by atoms with Crippen LogP contribution >= 0.6 is 0 Å². The van der Waals surface area contributed by atoms with Gasteiger partial charge in [0.25, 0.3) is 0 Å². The summed E-state index contributed by atoms with van der Waals surface area (Å²) < 4.78 is 5.49. The van der Waals surface area contributed by atoms with Crippen LogP contribution in [0.1, 0.15) is 33.6 Å². The molecule has 0 saturated heterocycles. The molecule has 0 aromatic heterocycles. The molecule has 1 amide bonds. The van der Waals surface area contributed by atoms with Crippen LogP contribution in [0.4, 0.5) is 0 Å². The molecule has 1 fully saturated rings. The van der Waals surface area contributed by atoms with E-state index in [1.54, 1.807) is 0 Å². The highest BCUT2D eigenvalue weighted by Crippen LogP contribution is 2.22. The third-order valence-electron chi connectivity index (χ3n) is 2.49. The molecule has 15 heavy (non-hydrogen) atoms. The number of carbonyl (C=O) groups excluding carboxylic acids is 1. The van der Waals surface area contributed by atoms with Gasteiger partial charge in [-0.1, -0.05) is 13.8 Å². The molecule has 0 aromatic carbocycles. The summed E-state index contributed by atoms with van der Waals surface area (Å²) >= 11 is 0. The molecule has 0 aromatic rings. The van der Waals surface area contributed by atoms with E-state index in [4.69, 9.17) is 10.5 Å². The lowest BCUT2D eigenvalue weighted by atomic mass is 10.0. The van der Waals surface area contributed by atoms with Gasteiger partial charge in [-0.2, -0.15) is 0 Å². The summed E-state index contributed by atoms with van der Waals surface area (Å²) in [5.74, 6) is 0.140. The minimum atomic E-state index is -0.712. The summed E-state index contributed by atoms with van der Waals surface area (Å²) in [6.07, 6.45) is 2.26. The van der Waals surface area contributed by atoms with E-state index < -0.39 is 5.54 Å². The van der Waals surface area contributed by atoms with Crippen molar-refractivity contribution in [2.75, 3.05) is 13.2 Å². The maximum absolute atomic E-state index is 11.3. The Hall–Kier alpha value is -0.610. The molecule has 88 valence electrons. The lowest BCUT2D eigenvalue weighted by molar-refractivity contribution is -0.126. The highest BCUT2D eigenvalue weighted by atomic mass is 16.5. The van der Waals surface area contributed by atoms with Crippen molar-refractivity contribution in [3.05, 3.63) is 0 Å². The van der Waals surface area contributed by atoms with E-state index in [0.29, 0.717) is 25.2 Å². The normalized spacial score (nSPS) is 20.3. The van der Waals surface area contributed by atoms with Crippen LogP contribution in [0.25, 0.3) is 0 Å². The minimum absolute atomic E-state index is 0.335. The molecule has 1 aliphatic carbocycles. The maximum Gasteiger partial charge on any atom is 0.239 e. The second kappa shape index (κ2) is 4.94. The maximum atomic E-state index is 11.3. The van der Waals surface area contributed by atoms with Gasteiger partial charge < -0.3 is 10.5 Å². The molecule has 3 N–H and O–H groups in total. The van der Waals surface area contributed by atoms with Gasteiger partial charge in [0, 0.05) is 12.6 Å². The molecule has 1 atom stereocenters. The molecule has 1 unspecified atom stereocenters. The Balaban J connectivity index is 2.37. The molecule has 0 heterocycles. The SMILES string of the molecule is CC(C)COCC(C)(NC1CC1)C(N)=O. The first-order valence-corrected chi connectivity index (χ1v) is 5.59. The Labute approximate surface area is 91.5 Å². The number of hydrogen-bond donors (Lipinski definition) is 2. The van der Waals surface area contributed by atoms with Crippen molar-refractivity contribution >= 4 is 5.91 Å². The molecule has 1 saturated carbocycles. The summed E-state index contributed by atoms with van der Waals surface area (Å²) in [5.41, 5.74) is 4.67. The van der Waals surface area contributed by atoms with E-state index in [0.717, 1.165) is 12.8 Å². The van der Waals surface area contributed by atoms with Gasteiger partial charge in [0.1, 0.15) is 5.54 Å². The summed E-state index contributed by atoms with van der Waals surface area (Å²) in [7, 11) is 0. The summed E-state index contributed by atoms with van der Waals surface area (Å²) in [6, 6.07) is 0.449. The van der Waals surface area contributed by atoms with Crippen molar-refractivity contribution < 1.29 is 9.53 Å². The quantitative estimate of drug-likeness (QED) is 0.654. The monoisotopic (exact) mass is 214 g/mol. The van der Waals surface area contributed by atoms with E-state index >= 15 is 0 Å². The van der Waals surface area contributed by atoms with Gasteiger partial charge in [-0.15, -0.1) is 0 Å². The standard InChI is InChI=1S/C11H22N2O2/c1-8(2)6-15-7-11(3,10(12)14)13-9-4-5-9/h8-9,13H,4-7H2,1-3H3,(H2,12,14). The first kappa shape index (κ1) is 12.5. The van der Waals surface area contributed by atoms with Gasteiger partial charge in [0.2, 0.25) is 5.91 Å². The predicted molar refractivity (Wildman–Crippen MR) is 59.4 cm³/mol. The highest BCUT2D eigenvalue weighted by Gasteiger charge is 2.37. The molecule has 0 bridgehead atoms. The zero-order valence-electron chi connectivity index (χ0n) is 9.88. The molecule has 1 rings (SSSR count). The largest absolute Gasteiger partial charge is 0.379 e. The molecular weight excluding hydrogens is 192 g/mol. The second-order valence-corrected chi connectivity index (χ2v) is 5.02. The number of carbonyl (C=O) groups is 1. The van der Waals surface area contributed by atoms with Crippen LogP contribution in [0.3, 0.4) is 0 Å². The number of nitrogens with one attached hydrogen (secondary N) is 1. The number of rotatable bonds is 7. The lowest BCUT2D eigenvalue weighted by Crippen LogP contribution is -2.57.